The second kappa shape index (κ2) is 44.9. The molecule has 0 bridgehead atoms. The van der Waals surface area contributed by atoms with Gasteiger partial charge in [-0.3, -0.25) is 39.4 Å². The number of nitro benzene ring substituents is 2. The molecule has 1 unspecified atom stereocenters. The zero-order chi connectivity index (χ0) is 63.7. The van der Waals surface area contributed by atoms with Crippen molar-refractivity contribution >= 4 is 47.2 Å². The van der Waals surface area contributed by atoms with E-state index in [9.17, 15) is 49.0 Å². The summed E-state index contributed by atoms with van der Waals surface area (Å²) in [4.78, 5) is 91.4. The number of hydrogen-bond acceptors (Lipinski definition) is 26. The van der Waals surface area contributed by atoms with E-state index in [1.165, 1.54) is 52.7 Å². The van der Waals surface area contributed by atoms with Gasteiger partial charge >= 0.3 is 35.8 Å². The second-order valence-corrected chi connectivity index (χ2v) is 18.8. The number of methoxy groups -OCH3 is 6. The lowest BCUT2D eigenvalue weighted by Crippen LogP contribution is -2.32. The minimum Gasteiger partial charge on any atom is -0.493 e. The van der Waals surface area contributed by atoms with Crippen molar-refractivity contribution in [1.82, 2.24) is 10.6 Å². The summed E-state index contributed by atoms with van der Waals surface area (Å²) in [5.41, 5.74) is -0.418. The number of nitrogens with zero attached hydrogens (tertiary/aromatic N) is 2. The van der Waals surface area contributed by atoms with Gasteiger partial charge in [0.25, 0.3) is 11.4 Å². The van der Waals surface area contributed by atoms with E-state index in [2.05, 4.69) is 42.7 Å². The molecular weight excluding hydrogens is 1120 g/mol. The SMILES string of the molecule is C.C=C(C)C(=O)OCCOC.C=C(C)C(=O)OCCOCCOc1cc([N+](=O)[O-])c(CNCC(=O)OC)cc1OC.CCC(C)(CCCC(C)(C)C(=O)OCCOCCOc1cc([N+](=O)[O-])c(CNCC(=O)OC)cc1OC)C(=O)OCCOC. The van der Waals surface area contributed by atoms with Gasteiger partial charge in [-0.25, -0.2) is 9.59 Å². The minimum absolute atomic E-state index is 0. The molecular formula is C57H90N4O24. The van der Waals surface area contributed by atoms with E-state index in [-0.39, 0.29) is 140 Å². The summed E-state index contributed by atoms with van der Waals surface area (Å²) in [7, 11) is 8.41. The van der Waals surface area contributed by atoms with Crippen molar-refractivity contribution in [3.8, 4) is 23.0 Å². The first-order valence-corrected chi connectivity index (χ1v) is 26.5. The van der Waals surface area contributed by atoms with Gasteiger partial charge in [0.1, 0.15) is 39.6 Å². The molecule has 0 saturated heterocycles. The monoisotopic (exact) mass is 1210 g/mol. The summed E-state index contributed by atoms with van der Waals surface area (Å²) < 4.78 is 71.4. The Morgan fingerprint density at radius 2 is 0.906 bits per heavy atom. The Bertz CT molecular complexity index is 2420. The van der Waals surface area contributed by atoms with Crippen LogP contribution < -0.4 is 29.6 Å². The van der Waals surface area contributed by atoms with Gasteiger partial charge in [0.2, 0.25) is 0 Å². The third-order valence-corrected chi connectivity index (χ3v) is 11.7. The molecule has 28 heteroatoms. The fraction of sp³-hybridized carbons (Fsp3) is 0.614. The van der Waals surface area contributed by atoms with Crippen molar-refractivity contribution in [3.63, 3.8) is 0 Å². The van der Waals surface area contributed by atoms with Crippen LogP contribution in [0, 0.1) is 31.1 Å². The zero-order valence-corrected chi connectivity index (χ0v) is 50.6. The van der Waals surface area contributed by atoms with E-state index in [1.54, 1.807) is 41.9 Å². The zero-order valence-electron chi connectivity index (χ0n) is 50.6. The molecule has 28 nitrogen and oxygen atoms in total. The van der Waals surface area contributed by atoms with Gasteiger partial charge in [-0.05, 0) is 66.0 Å². The first-order valence-electron chi connectivity index (χ1n) is 26.5. The molecule has 0 aliphatic rings. The average Bonchev–Trinajstić information content (AvgIpc) is 3.54. The second-order valence-electron chi connectivity index (χ2n) is 18.8. The number of carbonyl (C=O) groups is 6. The maximum atomic E-state index is 12.7. The van der Waals surface area contributed by atoms with Gasteiger partial charge < -0.3 is 76.9 Å². The van der Waals surface area contributed by atoms with Crippen LogP contribution in [0.15, 0.2) is 48.6 Å². The fourth-order valence-corrected chi connectivity index (χ4v) is 6.60. The number of esters is 6. The molecule has 0 spiro atoms. The highest BCUT2D eigenvalue weighted by Crippen LogP contribution is 2.37. The number of ether oxygens (including phenoxy) is 14. The van der Waals surface area contributed by atoms with Crippen molar-refractivity contribution in [1.29, 1.82) is 0 Å². The minimum atomic E-state index is -0.746. The van der Waals surface area contributed by atoms with Crippen LogP contribution in [0.1, 0.15) is 85.8 Å². The lowest BCUT2D eigenvalue weighted by molar-refractivity contribution is -0.385. The molecule has 0 aromatic heterocycles. The number of nitro groups is 2. The molecule has 0 aliphatic heterocycles. The molecule has 85 heavy (non-hydrogen) atoms. The summed E-state index contributed by atoms with van der Waals surface area (Å²) in [6, 6.07) is 5.45. The van der Waals surface area contributed by atoms with E-state index in [0.717, 1.165) is 0 Å². The number of rotatable bonds is 41. The fourth-order valence-electron chi connectivity index (χ4n) is 6.60. The molecule has 2 aromatic rings. The van der Waals surface area contributed by atoms with Crippen molar-refractivity contribution < 1.29 is 105 Å². The Morgan fingerprint density at radius 3 is 1.27 bits per heavy atom. The van der Waals surface area contributed by atoms with Crippen molar-refractivity contribution in [2.24, 2.45) is 10.8 Å². The molecule has 0 fully saturated rings. The summed E-state index contributed by atoms with van der Waals surface area (Å²) in [6.07, 6.45) is 2.38. The first-order chi connectivity index (χ1) is 39.8. The highest BCUT2D eigenvalue weighted by Gasteiger charge is 2.35. The van der Waals surface area contributed by atoms with Crippen LogP contribution in [-0.2, 0) is 89.2 Å². The first kappa shape index (κ1) is 79.6. The Morgan fingerprint density at radius 1 is 0.529 bits per heavy atom. The molecule has 0 saturated carbocycles. The van der Waals surface area contributed by atoms with Crippen molar-refractivity contribution in [2.45, 2.75) is 87.7 Å². The van der Waals surface area contributed by atoms with E-state index in [1.807, 2.05) is 13.8 Å². The van der Waals surface area contributed by atoms with Gasteiger partial charge in [-0.15, -0.1) is 0 Å². The largest absolute Gasteiger partial charge is 0.493 e. The summed E-state index contributed by atoms with van der Waals surface area (Å²) in [6.45, 7) is 19.5. The predicted octanol–water partition coefficient (Wildman–Crippen LogP) is 6.38. The van der Waals surface area contributed by atoms with Crippen LogP contribution in [0.4, 0.5) is 11.4 Å². The molecule has 0 heterocycles. The quantitative estimate of drug-likeness (QED) is 0.0182. The van der Waals surface area contributed by atoms with Crippen LogP contribution in [0.2, 0.25) is 0 Å². The normalized spacial score (nSPS) is 11.2. The van der Waals surface area contributed by atoms with Gasteiger partial charge in [-0.1, -0.05) is 33.9 Å². The molecule has 2 rings (SSSR count). The van der Waals surface area contributed by atoms with Crippen LogP contribution in [0.3, 0.4) is 0 Å². The van der Waals surface area contributed by atoms with Crippen LogP contribution in [-0.4, -0.2) is 181 Å². The average molecular weight is 1220 g/mol. The molecule has 0 radical (unpaired) electrons. The third kappa shape index (κ3) is 33.0. The Balaban J connectivity index is 0. The van der Waals surface area contributed by atoms with Crippen LogP contribution >= 0.6 is 0 Å². The summed E-state index contributed by atoms with van der Waals surface area (Å²) >= 11 is 0. The molecule has 0 aliphatic carbocycles. The molecule has 2 N–H and O–H groups in total. The highest BCUT2D eigenvalue weighted by atomic mass is 16.6. The van der Waals surface area contributed by atoms with E-state index in [0.29, 0.717) is 73.5 Å². The standard InChI is InChI=1S/C30H48N2O12.C19H26N2O9.C7H12O3.CH4/c1-8-30(4,28(35)44-15-12-38-5)11-9-10-29(2,3)27(34)43-17-14-41-13-16-42-25-19-23(32(36)37)22(18-24(25)39-6)20-31-21-26(33)40-7;1-13(2)19(23)30-8-6-28-5-7-29-17-10-15(21(24)25)14(9-16(17)26-3)11-20-12-18(22)27-4;1-6(2)7(8)10-5-4-9-3;/h18-19,31H,8-17,20-21H2,1-7H3;9-10,20H,1,5-8,11-12H2,2-4H3;1,4-5H2,2-3H3;1H4. The Hall–Kier alpha value is -7.50. The van der Waals surface area contributed by atoms with Gasteiger partial charge in [0.05, 0.1) is 114 Å². The van der Waals surface area contributed by atoms with E-state index >= 15 is 0 Å². The van der Waals surface area contributed by atoms with Crippen molar-refractivity contribution in [2.75, 3.05) is 135 Å². The summed E-state index contributed by atoms with van der Waals surface area (Å²) in [5.74, 6) is -1.55. The maximum absolute atomic E-state index is 12.7. The van der Waals surface area contributed by atoms with Gasteiger partial charge in [-0.2, -0.15) is 0 Å². The van der Waals surface area contributed by atoms with E-state index in [4.69, 9.17) is 47.4 Å². The van der Waals surface area contributed by atoms with Gasteiger partial charge in [0.15, 0.2) is 23.0 Å². The van der Waals surface area contributed by atoms with E-state index < -0.39 is 38.6 Å². The van der Waals surface area contributed by atoms with Gasteiger partial charge in [0, 0.05) is 49.6 Å². The maximum Gasteiger partial charge on any atom is 0.333 e. The number of nitrogens with one attached hydrogen (secondary N) is 2. The number of hydrogen-bond donors (Lipinski definition) is 2. The lowest BCUT2D eigenvalue weighted by Gasteiger charge is -2.28. The Labute approximate surface area is 498 Å². The topological polar surface area (TPSA) is 342 Å². The third-order valence-electron chi connectivity index (χ3n) is 11.7. The predicted molar refractivity (Wildman–Crippen MR) is 309 cm³/mol. The van der Waals surface area contributed by atoms with Crippen LogP contribution in [0.25, 0.3) is 0 Å². The number of benzene rings is 2. The highest BCUT2D eigenvalue weighted by molar-refractivity contribution is 5.87. The smallest absolute Gasteiger partial charge is 0.333 e. The lowest BCUT2D eigenvalue weighted by atomic mass is 9.79. The molecule has 0 amide bonds. The molecule has 1 atom stereocenters. The summed E-state index contributed by atoms with van der Waals surface area (Å²) in [5, 5.41) is 28.5. The Kier molecular flexibility index (Phi) is 42.1. The number of carbonyl (C=O) groups excluding carboxylic acids is 6. The van der Waals surface area contributed by atoms with Crippen molar-refractivity contribution in [3.05, 3.63) is 79.9 Å². The van der Waals surface area contributed by atoms with Crippen LogP contribution in [0.5, 0.6) is 23.0 Å². The molecule has 2 aromatic carbocycles. The molecule has 482 valence electrons.